The molecule has 0 aromatic rings. The third kappa shape index (κ3) is 12.8. The number of carbonyl (C=O) groups excluding carboxylic acids is 2. The van der Waals surface area contributed by atoms with Crippen LogP contribution in [0.2, 0.25) is 0 Å². The van der Waals surface area contributed by atoms with Crippen LogP contribution in [0, 0.1) is 0 Å². The summed E-state index contributed by atoms with van der Waals surface area (Å²) in [5.74, 6) is 0. The first-order valence-corrected chi connectivity index (χ1v) is 13.3. The van der Waals surface area contributed by atoms with Crippen molar-refractivity contribution in [2.24, 2.45) is 0 Å². The molecular weight excluding hydrogens is 484 g/mol. The van der Waals surface area contributed by atoms with Gasteiger partial charge in [0, 0.05) is 64.6 Å². The Morgan fingerprint density at radius 1 is 0.649 bits per heavy atom. The molecule has 3 fully saturated rings. The molecule has 12 heteroatoms. The number of rotatable bonds is 2. The van der Waals surface area contributed by atoms with E-state index < -0.39 is 12.2 Å². The van der Waals surface area contributed by atoms with E-state index in [1.54, 1.807) is 23.6 Å². The number of carbonyl (C=O) groups is 2. The molecular formula is C25H46N4O8. The van der Waals surface area contributed by atoms with Crippen molar-refractivity contribution in [1.29, 1.82) is 0 Å². The first-order valence-electron chi connectivity index (χ1n) is 13.3. The number of nitrogens with zero attached hydrogens (tertiary/aromatic N) is 4. The van der Waals surface area contributed by atoms with Gasteiger partial charge in [0.25, 0.3) is 0 Å². The average Bonchev–Trinajstić information content (AvgIpc) is 2.88. The van der Waals surface area contributed by atoms with E-state index in [-0.39, 0.29) is 13.2 Å². The minimum Gasteiger partial charge on any atom is -0.450 e. The molecule has 3 heterocycles. The van der Waals surface area contributed by atoms with Gasteiger partial charge in [0.1, 0.15) is 0 Å². The van der Waals surface area contributed by atoms with Gasteiger partial charge in [-0.1, -0.05) is 6.58 Å². The molecule has 3 aliphatic rings. The second kappa shape index (κ2) is 19.0. The second-order valence-electron chi connectivity index (χ2n) is 8.66. The van der Waals surface area contributed by atoms with E-state index in [0.29, 0.717) is 112 Å². The van der Waals surface area contributed by atoms with Crippen molar-refractivity contribution in [3.05, 3.63) is 12.3 Å². The van der Waals surface area contributed by atoms with Gasteiger partial charge in [-0.25, -0.2) is 9.59 Å². The minimum atomic E-state index is -0.413. The summed E-state index contributed by atoms with van der Waals surface area (Å²) in [5, 5.41) is 0. The van der Waals surface area contributed by atoms with Gasteiger partial charge in [-0.15, -0.1) is 0 Å². The Morgan fingerprint density at radius 2 is 1.11 bits per heavy atom. The fraction of sp³-hybridized carbons (Fsp3) is 0.840. The lowest BCUT2D eigenvalue weighted by Gasteiger charge is -2.32. The Balaban J connectivity index is 2.26. The van der Waals surface area contributed by atoms with Gasteiger partial charge in [-0.2, -0.15) is 0 Å². The molecule has 214 valence electrons. The maximum absolute atomic E-state index is 12.8. The van der Waals surface area contributed by atoms with Gasteiger partial charge < -0.3 is 43.1 Å². The van der Waals surface area contributed by atoms with Crippen molar-refractivity contribution in [3.8, 4) is 0 Å². The highest BCUT2D eigenvalue weighted by Gasteiger charge is 2.22. The van der Waals surface area contributed by atoms with Gasteiger partial charge in [0.05, 0.1) is 66.1 Å². The summed E-state index contributed by atoms with van der Waals surface area (Å²) in [7, 11) is 0. The second-order valence-corrected chi connectivity index (χ2v) is 8.66. The smallest absolute Gasteiger partial charge is 0.409 e. The summed E-state index contributed by atoms with van der Waals surface area (Å²) in [4.78, 5) is 33.0. The summed E-state index contributed by atoms with van der Waals surface area (Å²) < 4.78 is 33.7. The van der Waals surface area contributed by atoms with Crippen LogP contribution in [-0.2, 0) is 28.4 Å². The van der Waals surface area contributed by atoms with Crippen molar-refractivity contribution in [3.63, 3.8) is 0 Å². The van der Waals surface area contributed by atoms with Crippen LogP contribution in [0.25, 0.3) is 0 Å². The van der Waals surface area contributed by atoms with E-state index in [9.17, 15) is 9.59 Å². The predicted molar refractivity (Wildman–Crippen MR) is 138 cm³/mol. The third-order valence-corrected chi connectivity index (χ3v) is 6.09. The molecule has 0 radical (unpaired) electrons. The van der Waals surface area contributed by atoms with Crippen LogP contribution in [0.3, 0.4) is 0 Å². The molecule has 0 saturated carbocycles. The van der Waals surface area contributed by atoms with Crippen LogP contribution in [-0.4, -0.2) is 157 Å². The summed E-state index contributed by atoms with van der Waals surface area (Å²) in [6, 6.07) is 0. The molecule has 0 spiro atoms. The molecule has 0 aromatic heterocycles. The van der Waals surface area contributed by atoms with Crippen LogP contribution in [0.5, 0.6) is 0 Å². The van der Waals surface area contributed by atoms with Crippen molar-refractivity contribution in [2.45, 2.75) is 13.8 Å². The van der Waals surface area contributed by atoms with Crippen molar-refractivity contribution in [1.82, 2.24) is 19.6 Å². The molecule has 12 nitrogen and oxygen atoms in total. The van der Waals surface area contributed by atoms with Gasteiger partial charge in [0.15, 0.2) is 0 Å². The monoisotopic (exact) mass is 530 g/mol. The maximum Gasteiger partial charge on any atom is 0.409 e. The maximum atomic E-state index is 12.8. The highest BCUT2D eigenvalue weighted by Crippen LogP contribution is 2.07. The molecule has 3 rings (SSSR count). The Bertz CT molecular complexity index is 669. The number of hydrogen-bond donors (Lipinski definition) is 0. The number of fused-ring (bicyclic) bond motifs is 21. The number of amides is 2. The normalized spacial score (nSPS) is 22.8. The first kappa shape index (κ1) is 31.1. The van der Waals surface area contributed by atoms with E-state index in [0.717, 1.165) is 5.70 Å². The number of ether oxygens (including phenoxy) is 6. The fourth-order valence-electron chi connectivity index (χ4n) is 3.91. The predicted octanol–water partition coefficient (Wildman–Crippen LogP) is 1.11. The molecule has 1 atom stereocenters. The fourth-order valence-corrected chi connectivity index (χ4v) is 3.91. The van der Waals surface area contributed by atoms with Crippen LogP contribution in [0.1, 0.15) is 13.8 Å². The van der Waals surface area contributed by atoms with E-state index in [2.05, 4.69) is 16.4 Å². The SMILES string of the molecule is C=C1COCCOCCN2CCOCCOCCN1CCN(C(=O)OCC)CCN(C(=O)OCC)CC2. The average molecular weight is 531 g/mol. The van der Waals surface area contributed by atoms with Gasteiger partial charge >= 0.3 is 12.2 Å². The van der Waals surface area contributed by atoms with Crippen LogP contribution in [0.15, 0.2) is 12.3 Å². The van der Waals surface area contributed by atoms with Crippen LogP contribution in [0.4, 0.5) is 9.59 Å². The van der Waals surface area contributed by atoms with Gasteiger partial charge in [-0.05, 0) is 13.8 Å². The zero-order chi connectivity index (χ0) is 26.7. The summed E-state index contributed by atoms with van der Waals surface area (Å²) in [6.07, 6.45) is -0.809. The quantitative estimate of drug-likeness (QED) is 0.516. The molecule has 3 aliphatic heterocycles. The highest BCUT2D eigenvalue weighted by atomic mass is 16.6. The van der Waals surface area contributed by atoms with E-state index in [4.69, 9.17) is 28.4 Å². The largest absolute Gasteiger partial charge is 0.450 e. The third-order valence-electron chi connectivity index (χ3n) is 6.09. The molecule has 0 aromatic carbocycles. The molecule has 2 amide bonds. The first-order chi connectivity index (χ1) is 18.0. The van der Waals surface area contributed by atoms with Crippen LogP contribution < -0.4 is 0 Å². The Kier molecular flexibility index (Phi) is 16.0. The Hall–Kier alpha value is -2.12. The van der Waals surface area contributed by atoms with Gasteiger partial charge in [-0.3, -0.25) is 4.90 Å². The zero-order valence-electron chi connectivity index (χ0n) is 22.7. The van der Waals surface area contributed by atoms with E-state index in [1.807, 2.05) is 0 Å². The van der Waals surface area contributed by atoms with Crippen molar-refractivity contribution < 1.29 is 38.0 Å². The minimum absolute atomic E-state index is 0.272. The summed E-state index contributed by atoms with van der Waals surface area (Å²) in [6.45, 7) is 16.8. The molecule has 0 N–H and O–H groups in total. The molecule has 0 aliphatic carbocycles. The number of hydrogen-bond acceptors (Lipinski definition) is 10. The lowest BCUT2D eigenvalue weighted by Crippen LogP contribution is -2.47. The van der Waals surface area contributed by atoms with Crippen molar-refractivity contribution >= 4 is 12.2 Å². The van der Waals surface area contributed by atoms with E-state index >= 15 is 0 Å². The highest BCUT2D eigenvalue weighted by molar-refractivity contribution is 5.69. The Morgan fingerprint density at radius 3 is 1.65 bits per heavy atom. The standard InChI is InChI=1S/C25H46N4O8/c1-4-36-24(30)28-7-6-26-12-15-32-18-19-34-17-14-27(23(3)22-35-21-20-33-16-13-26)8-9-29(11-10-28)25(31)37-5-2/h3-22H2,1-2H3. The molecule has 3 saturated heterocycles. The molecule has 37 heavy (non-hydrogen) atoms. The molecule has 2 bridgehead atoms. The lowest BCUT2D eigenvalue weighted by atomic mass is 10.3. The lowest BCUT2D eigenvalue weighted by molar-refractivity contribution is 0.0126. The van der Waals surface area contributed by atoms with Gasteiger partial charge in [0.2, 0.25) is 0 Å². The van der Waals surface area contributed by atoms with E-state index in [1.165, 1.54) is 0 Å². The molecule has 1 unspecified atom stereocenters. The van der Waals surface area contributed by atoms with Crippen LogP contribution >= 0.6 is 0 Å². The topological polar surface area (TPSA) is 102 Å². The zero-order valence-corrected chi connectivity index (χ0v) is 22.7. The van der Waals surface area contributed by atoms with Crippen molar-refractivity contribution in [2.75, 3.05) is 125 Å². The summed E-state index contributed by atoms with van der Waals surface area (Å²) >= 11 is 0. The summed E-state index contributed by atoms with van der Waals surface area (Å²) in [5.41, 5.74) is 0.796. The Labute approximate surface area is 221 Å².